The fraction of sp³-hybridized carbons (Fsp3) is 0.500. The highest BCUT2D eigenvalue weighted by atomic mass is 35.5. The molecule has 0 fully saturated rings. The maximum Gasteiger partial charge on any atom is 0.145 e. The van der Waals surface area contributed by atoms with E-state index in [0.29, 0.717) is 0 Å². The first-order valence-corrected chi connectivity index (χ1v) is 3.86. The van der Waals surface area contributed by atoms with E-state index in [0.717, 1.165) is 17.1 Å². The van der Waals surface area contributed by atoms with Crippen LogP contribution in [0.15, 0.2) is 11.1 Å². The Balaban J connectivity index is 0. The molecule has 8 heavy (non-hydrogen) atoms. The smallest absolute Gasteiger partial charge is 0.145 e. The minimum absolute atomic E-state index is 0.881. The molecule has 0 aromatic heterocycles. The number of rotatable bonds is 1. The summed E-state index contributed by atoms with van der Waals surface area (Å²) >= 11 is 9.75. The average Bonchev–Trinajstić information content (AvgIpc) is 1.88. The largest absolute Gasteiger partial charge is 0.428 e. The molecule has 0 aliphatic rings. The summed E-state index contributed by atoms with van der Waals surface area (Å²) < 4.78 is 4.68. The molecule has 0 radical (unpaired) electrons. The summed E-state index contributed by atoms with van der Waals surface area (Å²) in [4.78, 5) is 0. The van der Waals surface area contributed by atoms with Gasteiger partial charge in [0, 0.05) is 17.7 Å². The molecule has 0 bridgehead atoms. The Morgan fingerprint density at radius 3 is 1.75 bits per heavy atom. The molecule has 0 N–H and O–H groups in total. The SMILES string of the molecule is CCO[SiH3].ClC=CCl. The molecule has 0 aliphatic carbocycles. The lowest BCUT2D eigenvalue weighted by molar-refractivity contribution is 0.375. The van der Waals surface area contributed by atoms with Crippen molar-refractivity contribution in [3.63, 3.8) is 0 Å². The Hall–Kier alpha value is 0.497. The topological polar surface area (TPSA) is 9.23 Å². The van der Waals surface area contributed by atoms with Gasteiger partial charge in [-0.3, -0.25) is 0 Å². The molecule has 0 unspecified atom stereocenters. The molecule has 4 heteroatoms. The van der Waals surface area contributed by atoms with Gasteiger partial charge in [-0.2, -0.15) is 0 Å². The van der Waals surface area contributed by atoms with Crippen LogP contribution in [0.25, 0.3) is 0 Å². The van der Waals surface area contributed by atoms with Crippen molar-refractivity contribution in [2.24, 2.45) is 0 Å². The minimum atomic E-state index is 0.881. The Bertz CT molecular complexity index is 43.3. The first kappa shape index (κ1) is 11.3. The van der Waals surface area contributed by atoms with Gasteiger partial charge in [-0.1, -0.05) is 23.2 Å². The van der Waals surface area contributed by atoms with Crippen LogP contribution in [0.2, 0.25) is 0 Å². The third kappa shape index (κ3) is 31.5. The standard InChI is InChI=1S/C2H2Cl2.C2H8OSi/c3-1-2-4;1-2-3-4/h1-2H;2H2,1,4H3. The first-order valence-electron chi connectivity index (χ1n) is 2.17. The van der Waals surface area contributed by atoms with Crippen molar-refractivity contribution in [3.05, 3.63) is 11.1 Å². The minimum Gasteiger partial charge on any atom is -0.428 e. The normalized spacial score (nSPS) is 8.88. The predicted molar refractivity (Wildman–Crippen MR) is 42.4 cm³/mol. The Morgan fingerprint density at radius 1 is 1.50 bits per heavy atom. The Labute approximate surface area is 63.2 Å². The van der Waals surface area contributed by atoms with Crippen LogP contribution in [0, 0.1) is 0 Å². The van der Waals surface area contributed by atoms with Gasteiger partial charge in [0.15, 0.2) is 0 Å². The van der Waals surface area contributed by atoms with Crippen molar-refractivity contribution < 1.29 is 4.43 Å². The van der Waals surface area contributed by atoms with E-state index in [1.54, 1.807) is 0 Å². The van der Waals surface area contributed by atoms with E-state index >= 15 is 0 Å². The number of hydrogen-bond acceptors (Lipinski definition) is 1. The summed E-state index contributed by atoms with van der Waals surface area (Å²) in [7, 11) is 0.890. The summed E-state index contributed by atoms with van der Waals surface area (Å²) in [5, 5.41) is 0. The zero-order valence-electron chi connectivity index (χ0n) is 5.03. The maximum atomic E-state index is 4.87. The van der Waals surface area contributed by atoms with E-state index in [-0.39, 0.29) is 0 Å². The summed E-state index contributed by atoms with van der Waals surface area (Å²) in [6.07, 6.45) is 0. The molecule has 0 heterocycles. The van der Waals surface area contributed by atoms with Gasteiger partial charge in [0.1, 0.15) is 10.5 Å². The molecule has 0 atom stereocenters. The molecule has 0 aliphatic heterocycles. The van der Waals surface area contributed by atoms with Gasteiger partial charge in [-0.05, 0) is 6.92 Å². The van der Waals surface area contributed by atoms with Crippen molar-refractivity contribution in [2.75, 3.05) is 6.61 Å². The second-order valence-corrected chi connectivity index (χ2v) is 1.91. The third-order valence-electron chi connectivity index (χ3n) is 0.336. The van der Waals surface area contributed by atoms with E-state index in [4.69, 9.17) is 23.2 Å². The zero-order chi connectivity index (χ0) is 6.83. The lowest BCUT2D eigenvalue weighted by Crippen LogP contribution is -1.76. The molecule has 0 saturated heterocycles. The molecule has 0 spiro atoms. The lowest BCUT2D eigenvalue weighted by Gasteiger charge is -1.77. The van der Waals surface area contributed by atoms with Crippen LogP contribution in [0.3, 0.4) is 0 Å². The van der Waals surface area contributed by atoms with Gasteiger partial charge in [0.2, 0.25) is 0 Å². The predicted octanol–water partition coefficient (Wildman–Crippen LogP) is 1.24. The van der Waals surface area contributed by atoms with Gasteiger partial charge in [0.25, 0.3) is 0 Å². The van der Waals surface area contributed by atoms with Crippen LogP contribution in [-0.2, 0) is 4.43 Å². The molecule has 1 nitrogen and oxygen atoms in total. The van der Waals surface area contributed by atoms with E-state index in [1.165, 1.54) is 11.1 Å². The van der Waals surface area contributed by atoms with Gasteiger partial charge in [-0.15, -0.1) is 0 Å². The molecule has 0 saturated carbocycles. The van der Waals surface area contributed by atoms with Crippen molar-refractivity contribution in [1.29, 1.82) is 0 Å². The lowest BCUT2D eigenvalue weighted by atomic mass is 10.9. The van der Waals surface area contributed by atoms with Gasteiger partial charge in [-0.25, -0.2) is 0 Å². The monoisotopic (exact) mass is 172 g/mol. The molecule has 0 rings (SSSR count). The van der Waals surface area contributed by atoms with E-state index < -0.39 is 0 Å². The Kier molecular flexibility index (Phi) is 22.1. The molecule has 0 aromatic carbocycles. The van der Waals surface area contributed by atoms with E-state index in [2.05, 4.69) is 4.43 Å². The van der Waals surface area contributed by atoms with Crippen LogP contribution >= 0.6 is 23.2 Å². The second kappa shape index (κ2) is 15.6. The number of halogens is 2. The average molecular weight is 173 g/mol. The van der Waals surface area contributed by atoms with Crippen LogP contribution in [0.5, 0.6) is 0 Å². The van der Waals surface area contributed by atoms with Crippen molar-refractivity contribution in [2.45, 2.75) is 6.92 Å². The summed E-state index contributed by atoms with van der Waals surface area (Å²) in [5.74, 6) is 0. The molecule has 50 valence electrons. The van der Waals surface area contributed by atoms with Crippen LogP contribution in [0.1, 0.15) is 6.92 Å². The van der Waals surface area contributed by atoms with Crippen LogP contribution < -0.4 is 0 Å². The highest BCUT2D eigenvalue weighted by Gasteiger charge is 1.51. The zero-order valence-corrected chi connectivity index (χ0v) is 8.54. The van der Waals surface area contributed by atoms with Crippen LogP contribution in [0.4, 0.5) is 0 Å². The summed E-state index contributed by atoms with van der Waals surface area (Å²) in [5.41, 5.74) is 2.48. The van der Waals surface area contributed by atoms with Crippen molar-refractivity contribution >= 4 is 33.7 Å². The van der Waals surface area contributed by atoms with Gasteiger partial charge >= 0.3 is 0 Å². The molecule has 0 aromatic rings. The third-order valence-corrected chi connectivity index (χ3v) is 1.29. The maximum absolute atomic E-state index is 4.87. The fourth-order valence-corrected chi connectivity index (χ4v) is 0. The van der Waals surface area contributed by atoms with Gasteiger partial charge < -0.3 is 4.43 Å². The van der Waals surface area contributed by atoms with Crippen molar-refractivity contribution in [3.8, 4) is 0 Å². The highest BCUT2D eigenvalue weighted by Crippen LogP contribution is 1.78. The second-order valence-electron chi connectivity index (χ2n) is 0.829. The van der Waals surface area contributed by atoms with Crippen molar-refractivity contribution in [1.82, 2.24) is 0 Å². The first-order chi connectivity index (χ1) is 3.83. The van der Waals surface area contributed by atoms with E-state index in [1.807, 2.05) is 6.92 Å². The summed E-state index contributed by atoms with van der Waals surface area (Å²) in [6, 6.07) is 0. The quantitative estimate of drug-likeness (QED) is 0.542. The van der Waals surface area contributed by atoms with Gasteiger partial charge in [0.05, 0.1) is 0 Å². The van der Waals surface area contributed by atoms with E-state index in [9.17, 15) is 0 Å². The summed E-state index contributed by atoms with van der Waals surface area (Å²) in [6.45, 7) is 2.87. The molecular weight excluding hydrogens is 163 g/mol. The fourth-order valence-electron chi connectivity index (χ4n) is 0. The molecule has 0 amide bonds. The number of hydrogen-bond donors (Lipinski definition) is 0. The Morgan fingerprint density at radius 2 is 1.75 bits per heavy atom. The molecular formula is C4H10Cl2OSi. The highest BCUT2D eigenvalue weighted by molar-refractivity contribution is 6.33. The van der Waals surface area contributed by atoms with Crippen LogP contribution in [-0.4, -0.2) is 17.1 Å².